The zero-order valence-corrected chi connectivity index (χ0v) is 14.4. The van der Waals surface area contributed by atoms with Gasteiger partial charge in [-0.3, -0.25) is 4.90 Å². The Labute approximate surface area is 144 Å². The van der Waals surface area contributed by atoms with Gasteiger partial charge in [0.1, 0.15) is 5.76 Å². The van der Waals surface area contributed by atoms with Crippen LogP contribution in [0.1, 0.15) is 17.0 Å². The van der Waals surface area contributed by atoms with Crippen LogP contribution in [0.15, 0.2) is 40.1 Å². The quantitative estimate of drug-likeness (QED) is 0.699. The highest BCUT2D eigenvalue weighted by atomic mass is 32.1. The number of rotatable bonds is 5. The molecule has 3 heterocycles. The van der Waals surface area contributed by atoms with E-state index < -0.39 is 0 Å². The summed E-state index contributed by atoms with van der Waals surface area (Å²) in [7, 11) is 2.07. The van der Waals surface area contributed by atoms with Gasteiger partial charge in [0, 0.05) is 13.1 Å². The Morgan fingerprint density at radius 2 is 2.04 bits per heavy atom. The van der Waals surface area contributed by atoms with Crippen molar-refractivity contribution in [1.82, 2.24) is 9.88 Å². The van der Waals surface area contributed by atoms with Crippen LogP contribution in [0.2, 0.25) is 0 Å². The predicted molar refractivity (Wildman–Crippen MR) is 92.3 cm³/mol. The lowest BCUT2D eigenvalue weighted by Gasteiger charge is -2.15. The van der Waals surface area contributed by atoms with Crippen molar-refractivity contribution in [3.05, 3.63) is 52.7 Å². The number of fused-ring (bicyclic) bond motifs is 1. The van der Waals surface area contributed by atoms with Gasteiger partial charge < -0.3 is 13.9 Å². The maximum Gasteiger partial charge on any atom is 0.236 e. The van der Waals surface area contributed by atoms with E-state index in [1.54, 1.807) is 11.3 Å². The molecule has 1 aliphatic rings. The molecule has 0 saturated heterocycles. The van der Waals surface area contributed by atoms with E-state index in [0.717, 1.165) is 40.9 Å². The van der Waals surface area contributed by atoms with E-state index in [4.69, 9.17) is 13.9 Å². The van der Waals surface area contributed by atoms with Gasteiger partial charge in [0.05, 0.1) is 10.6 Å². The van der Waals surface area contributed by atoms with Gasteiger partial charge in [-0.1, -0.05) is 12.1 Å². The molecule has 4 rings (SSSR count). The van der Waals surface area contributed by atoms with Gasteiger partial charge in [-0.2, -0.15) is 0 Å². The van der Waals surface area contributed by atoms with E-state index in [0.29, 0.717) is 12.7 Å². The van der Waals surface area contributed by atoms with Gasteiger partial charge in [-0.05, 0) is 43.1 Å². The van der Waals surface area contributed by atoms with E-state index in [-0.39, 0.29) is 0 Å². The molecule has 0 N–H and O–H groups in total. The summed E-state index contributed by atoms with van der Waals surface area (Å²) in [6.07, 6.45) is 0. The molecule has 1 aromatic carbocycles. The molecule has 0 unspecified atom stereocenters. The third kappa shape index (κ3) is 3.02. The van der Waals surface area contributed by atoms with Crippen molar-refractivity contribution >= 4 is 11.3 Å². The molecule has 5 nitrogen and oxygen atoms in total. The van der Waals surface area contributed by atoms with E-state index in [1.807, 2.05) is 36.6 Å². The second-order valence-corrected chi connectivity index (χ2v) is 6.81. The van der Waals surface area contributed by atoms with E-state index in [2.05, 4.69) is 23.0 Å². The standard InChI is InChI=1S/C18H18N2O3S/c1-12-14(19-18(23-12)17-4-3-7-24-17)10-20(2)9-13-5-6-15-16(8-13)22-11-21-15/h3-8H,9-11H2,1-2H3. The lowest BCUT2D eigenvalue weighted by Crippen LogP contribution is -2.18. The van der Waals surface area contributed by atoms with Crippen LogP contribution in [0.4, 0.5) is 0 Å². The Kier molecular flexibility index (Phi) is 4.00. The van der Waals surface area contributed by atoms with Gasteiger partial charge >= 0.3 is 0 Å². The highest BCUT2D eigenvalue weighted by Crippen LogP contribution is 2.33. The number of hydrogen-bond donors (Lipinski definition) is 0. The third-order valence-electron chi connectivity index (χ3n) is 3.93. The first kappa shape index (κ1) is 15.2. The predicted octanol–water partition coefficient (Wildman–Crippen LogP) is 4.07. The second-order valence-electron chi connectivity index (χ2n) is 5.86. The Balaban J connectivity index is 1.45. The average Bonchev–Trinajstić information content (AvgIpc) is 3.28. The summed E-state index contributed by atoms with van der Waals surface area (Å²) in [6, 6.07) is 10.1. The largest absolute Gasteiger partial charge is 0.454 e. The number of hydrogen-bond acceptors (Lipinski definition) is 6. The van der Waals surface area contributed by atoms with Crippen LogP contribution >= 0.6 is 11.3 Å². The van der Waals surface area contributed by atoms with Crippen LogP contribution in [-0.4, -0.2) is 23.7 Å². The molecule has 1 aliphatic heterocycles. The second kappa shape index (κ2) is 6.30. The van der Waals surface area contributed by atoms with Crippen LogP contribution in [0.3, 0.4) is 0 Å². The van der Waals surface area contributed by atoms with Gasteiger partial charge in [-0.25, -0.2) is 4.98 Å². The zero-order chi connectivity index (χ0) is 16.5. The van der Waals surface area contributed by atoms with E-state index in [1.165, 1.54) is 5.56 Å². The van der Waals surface area contributed by atoms with Crippen molar-refractivity contribution in [2.45, 2.75) is 20.0 Å². The van der Waals surface area contributed by atoms with Gasteiger partial charge in [0.25, 0.3) is 0 Å². The summed E-state index contributed by atoms with van der Waals surface area (Å²) >= 11 is 1.64. The molecule has 0 saturated carbocycles. The summed E-state index contributed by atoms with van der Waals surface area (Å²) in [5.41, 5.74) is 2.16. The molecule has 3 aromatic rings. The number of oxazole rings is 1. The van der Waals surface area contributed by atoms with Crippen LogP contribution in [0.25, 0.3) is 10.8 Å². The van der Waals surface area contributed by atoms with Crippen molar-refractivity contribution in [1.29, 1.82) is 0 Å². The Hall–Kier alpha value is -2.31. The maximum atomic E-state index is 5.81. The highest BCUT2D eigenvalue weighted by Gasteiger charge is 2.16. The van der Waals surface area contributed by atoms with Gasteiger partial charge in [0.2, 0.25) is 12.7 Å². The Morgan fingerprint density at radius 3 is 2.88 bits per heavy atom. The fourth-order valence-corrected chi connectivity index (χ4v) is 3.39. The molecule has 0 aliphatic carbocycles. The molecule has 0 fully saturated rings. The first-order valence-electron chi connectivity index (χ1n) is 7.76. The van der Waals surface area contributed by atoms with Crippen molar-refractivity contribution < 1.29 is 13.9 Å². The fraction of sp³-hybridized carbons (Fsp3) is 0.278. The van der Waals surface area contributed by atoms with Crippen LogP contribution < -0.4 is 9.47 Å². The first-order valence-corrected chi connectivity index (χ1v) is 8.64. The number of benzene rings is 1. The lowest BCUT2D eigenvalue weighted by molar-refractivity contribution is 0.174. The number of nitrogens with zero attached hydrogens (tertiary/aromatic N) is 2. The minimum atomic E-state index is 0.304. The van der Waals surface area contributed by atoms with Crippen molar-refractivity contribution in [2.75, 3.05) is 13.8 Å². The smallest absolute Gasteiger partial charge is 0.236 e. The molecule has 0 bridgehead atoms. The average molecular weight is 342 g/mol. The monoisotopic (exact) mass is 342 g/mol. The Bertz CT molecular complexity index is 842. The molecule has 0 amide bonds. The van der Waals surface area contributed by atoms with Gasteiger partial charge in [-0.15, -0.1) is 11.3 Å². The molecule has 124 valence electrons. The minimum absolute atomic E-state index is 0.304. The normalized spacial score (nSPS) is 13.0. The fourth-order valence-electron chi connectivity index (χ4n) is 2.74. The molecule has 0 spiro atoms. The molecule has 0 radical (unpaired) electrons. The van der Waals surface area contributed by atoms with Gasteiger partial charge in [0.15, 0.2) is 11.5 Å². The molecular formula is C18H18N2O3S. The van der Waals surface area contributed by atoms with E-state index in [9.17, 15) is 0 Å². The van der Waals surface area contributed by atoms with E-state index >= 15 is 0 Å². The molecule has 2 aromatic heterocycles. The minimum Gasteiger partial charge on any atom is -0.454 e. The van der Waals surface area contributed by atoms with Crippen molar-refractivity contribution in [2.24, 2.45) is 0 Å². The zero-order valence-electron chi connectivity index (χ0n) is 13.6. The summed E-state index contributed by atoms with van der Waals surface area (Å²) in [5.74, 6) is 3.21. The lowest BCUT2D eigenvalue weighted by atomic mass is 10.2. The van der Waals surface area contributed by atoms with Crippen molar-refractivity contribution in [3.63, 3.8) is 0 Å². The SMILES string of the molecule is Cc1oc(-c2cccs2)nc1CN(C)Cc1ccc2c(c1)OCO2. The van der Waals surface area contributed by atoms with Crippen LogP contribution in [0, 0.1) is 6.92 Å². The molecular weight excluding hydrogens is 324 g/mol. The molecule has 0 atom stereocenters. The van der Waals surface area contributed by atoms with Crippen LogP contribution in [-0.2, 0) is 13.1 Å². The Morgan fingerprint density at radius 1 is 1.17 bits per heavy atom. The van der Waals surface area contributed by atoms with Crippen molar-refractivity contribution in [3.8, 4) is 22.3 Å². The summed E-state index contributed by atoms with van der Waals surface area (Å²) in [4.78, 5) is 7.92. The highest BCUT2D eigenvalue weighted by molar-refractivity contribution is 7.13. The third-order valence-corrected chi connectivity index (χ3v) is 4.79. The number of thiophene rings is 1. The number of aryl methyl sites for hydroxylation is 1. The summed E-state index contributed by atoms with van der Waals surface area (Å²) in [6.45, 7) is 3.80. The maximum absolute atomic E-state index is 5.81. The topological polar surface area (TPSA) is 47.7 Å². The molecule has 6 heteroatoms. The van der Waals surface area contributed by atoms with Crippen LogP contribution in [0.5, 0.6) is 11.5 Å². The molecule has 24 heavy (non-hydrogen) atoms. The first-order chi connectivity index (χ1) is 11.7. The number of ether oxygens (including phenoxy) is 2. The number of aromatic nitrogens is 1. The summed E-state index contributed by atoms with van der Waals surface area (Å²) < 4.78 is 16.6. The summed E-state index contributed by atoms with van der Waals surface area (Å²) in [5, 5.41) is 2.03.